The van der Waals surface area contributed by atoms with E-state index in [1.807, 2.05) is 12.1 Å². The number of aromatic nitrogens is 2. The van der Waals surface area contributed by atoms with Crippen molar-refractivity contribution in [1.29, 1.82) is 0 Å². The molecule has 3 N–H and O–H groups in total. The Bertz CT molecular complexity index is 888. The van der Waals surface area contributed by atoms with Crippen LogP contribution in [0.3, 0.4) is 0 Å². The second kappa shape index (κ2) is 5.62. The first kappa shape index (κ1) is 14.1. The molecule has 1 aliphatic rings. The van der Waals surface area contributed by atoms with Crippen molar-refractivity contribution >= 4 is 33.1 Å². The Morgan fingerprint density at radius 2 is 2.30 bits per heavy atom. The zero-order chi connectivity index (χ0) is 15.8. The summed E-state index contributed by atoms with van der Waals surface area (Å²) in [5.41, 5.74) is 10.1. The first-order valence-electron chi connectivity index (χ1n) is 7.60. The monoisotopic (exact) mass is 324 g/mol. The van der Waals surface area contributed by atoms with Gasteiger partial charge in [-0.2, -0.15) is 0 Å². The summed E-state index contributed by atoms with van der Waals surface area (Å²) < 4.78 is 0. The van der Waals surface area contributed by atoms with Gasteiger partial charge in [0.2, 0.25) is 0 Å². The molecular formula is C17H16N4OS. The maximum atomic E-state index is 12.4. The highest BCUT2D eigenvalue weighted by atomic mass is 32.1. The lowest BCUT2D eigenvalue weighted by Gasteiger charge is -2.04. The number of fused-ring (bicyclic) bond motifs is 2. The Morgan fingerprint density at radius 1 is 1.39 bits per heavy atom. The van der Waals surface area contributed by atoms with Gasteiger partial charge in [-0.3, -0.25) is 9.78 Å². The second-order valence-corrected chi connectivity index (χ2v) is 6.69. The van der Waals surface area contributed by atoms with Crippen molar-refractivity contribution in [2.75, 3.05) is 5.73 Å². The number of nitrogens with one attached hydrogen (secondary N) is 1. The lowest BCUT2D eigenvalue weighted by atomic mass is 10.1. The number of aryl methyl sites for hydroxylation is 2. The maximum absolute atomic E-state index is 12.4. The van der Waals surface area contributed by atoms with E-state index in [0.717, 1.165) is 40.7 Å². The predicted octanol–water partition coefficient (Wildman–Crippen LogP) is 2.69. The smallest absolute Gasteiger partial charge is 0.263 e. The highest BCUT2D eigenvalue weighted by Gasteiger charge is 2.20. The molecule has 0 atom stereocenters. The van der Waals surface area contributed by atoms with Gasteiger partial charge in [0.1, 0.15) is 9.71 Å². The summed E-state index contributed by atoms with van der Waals surface area (Å²) in [6.07, 6.45) is 6.67. The highest BCUT2D eigenvalue weighted by Crippen LogP contribution is 2.35. The molecule has 23 heavy (non-hydrogen) atoms. The van der Waals surface area contributed by atoms with Crippen LogP contribution in [0, 0.1) is 0 Å². The molecule has 3 heterocycles. The van der Waals surface area contributed by atoms with E-state index >= 15 is 0 Å². The summed E-state index contributed by atoms with van der Waals surface area (Å²) in [4.78, 5) is 22.6. The van der Waals surface area contributed by atoms with Crippen molar-refractivity contribution < 1.29 is 4.79 Å². The van der Waals surface area contributed by atoms with Crippen LogP contribution in [0.25, 0.3) is 10.2 Å². The first-order chi connectivity index (χ1) is 11.2. The summed E-state index contributed by atoms with van der Waals surface area (Å²) in [6, 6.07) is 5.88. The molecule has 1 amide bonds. The molecule has 0 radical (unpaired) electrons. The number of carbonyl (C=O) groups excluding carboxylic acids is 1. The van der Waals surface area contributed by atoms with Crippen LogP contribution in [0.1, 0.15) is 32.9 Å². The van der Waals surface area contributed by atoms with Gasteiger partial charge in [-0.15, -0.1) is 11.3 Å². The molecule has 3 aromatic rings. The van der Waals surface area contributed by atoms with E-state index in [1.165, 1.54) is 16.9 Å². The Labute approximate surface area is 137 Å². The van der Waals surface area contributed by atoms with Crippen LogP contribution in [0.2, 0.25) is 0 Å². The van der Waals surface area contributed by atoms with Gasteiger partial charge < -0.3 is 11.1 Å². The molecule has 4 rings (SSSR count). The van der Waals surface area contributed by atoms with Gasteiger partial charge >= 0.3 is 0 Å². The molecule has 6 heteroatoms. The van der Waals surface area contributed by atoms with Crippen LogP contribution in [0.15, 0.2) is 30.6 Å². The van der Waals surface area contributed by atoms with Gasteiger partial charge in [-0.25, -0.2) is 4.98 Å². The average Bonchev–Trinajstić information content (AvgIpc) is 3.16. The minimum Gasteiger partial charge on any atom is -0.397 e. The van der Waals surface area contributed by atoms with Crippen LogP contribution >= 0.6 is 11.3 Å². The number of pyridine rings is 2. The Balaban J connectivity index is 1.61. The van der Waals surface area contributed by atoms with Gasteiger partial charge in [-0.1, -0.05) is 6.07 Å². The van der Waals surface area contributed by atoms with Crippen LogP contribution in [0.5, 0.6) is 0 Å². The molecule has 0 aromatic carbocycles. The maximum Gasteiger partial charge on any atom is 0.263 e. The molecule has 0 spiro atoms. The van der Waals surface area contributed by atoms with Crippen molar-refractivity contribution in [2.45, 2.75) is 25.8 Å². The fourth-order valence-corrected chi connectivity index (χ4v) is 3.94. The number of anilines is 1. The third-order valence-corrected chi connectivity index (χ3v) is 5.25. The second-order valence-electron chi connectivity index (χ2n) is 5.69. The third-order valence-electron chi connectivity index (χ3n) is 4.13. The van der Waals surface area contributed by atoms with E-state index in [4.69, 9.17) is 5.73 Å². The topological polar surface area (TPSA) is 80.9 Å². The molecule has 0 unspecified atom stereocenters. The summed E-state index contributed by atoms with van der Waals surface area (Å²) in [5.74, 6) is -0.158. The van der Waals surface area contributed by atoms with Crippen LogP contribution < -0.4 is 11.1 Å². The Kier molecular flexibility index (Phi) is 3.46. The van der Waals surface area contributed by atoms with Gasteiger partial charge in [0.15, 0.2) is 0 Å². The zero-order valence-corrected chi connectivity index (χ0v) is 13.3. The van der Waals surface area contributed by atoms with Crippen LogP contribution in [-0.4, -0.2) is 15.9 Å². The number of hydrogen-bond acceptors (Lipinski definition) is 5. The minimum absolute atomic E-state index is 0.158. The number of nitrogens with two attached hydrogens (primary N) is 1. The average molecular weight is 324 g/mol. The minimum atomic E-state index is -0.158. The standard InChI is InChI=1S/C17H16N4OS/c18-14-12-7-11-4-1-5-13(11)21-17(12)23-15(14)16(22)20-9-10-3-2-6-19-8-10/h2-3,6-8H,1,4-5,9,18H2,(H,20,22). The van der Waals surface area contributed by atoms with E-state index in [2.05, 4.69) is 21.4 Å². The number of amides is 1. The van der Waals surface area contributed by atoms with E-state index in [-0.39, 0.29) is 5.91 Å². The third kappa shape index (κ3) is 2.55. The van der Waals surface area contributed by atoms with Gasteiger partial charge in [0.05, 0.1) is 5.69 Å². The number of carbonyl (C=O) groups is 1. The molecule has 1 aliphatic carbocycles. The van der Waals surface area contributed by atoms with Crippen molar-refractivity contribution in [3.63, 3.8) is 0 Å². The molecule has 0 bridgehead atoms. The van der Waals surface area contributed by atoms with Gasteiger partial charge in [-0.05, 0) is 42.5 Å². The van der Waals surface area contributed by atoms with Crippen molar-refractivity contribution in [2.24, 2.45) is 0 Å². The van der Waals surface area contributed by atoms with E-state index in [9.17, 15) is 4.79 Å². The van der Waals surface area contributed by atoms with Crippen LogP contribution in [0.4, 0.5) is 5.69 Å². The van der Waals surface area contributed by atoms with E-state index in [1.54, 1.807) is 12.4 Å². The molecule has 0 saturated carbocycles. The first-order valence-corrected chi connectivity index (χ1v) is 8.42. The number of nitrogen functional groups attached to an aromatic ring is 1. The van der Waals surface area contributed by atoms with Crippen molar-refractivity contribution in [3.8, 4) is 0 Å². The molecule has 0 fully saturated rings. The van der Waals surface area contributed by atoms with Crippen LogP contribution in [-0.2, 0) is 19.4 Å². The highest BCUT2D eigenvalue weighted by molar-refractivity contribution is 7.21. The van der Waals surface area contributed by atoms with Crippen molar-refractivity contribution in [1.82, 2.24) is 15.3 Å². The number of thiophene rings is 1. The Morgan fingerprint density at radius 3 is 3.13 bits per heavy atom. The fraction of sp³-hybridized carbons (Fsp3) is 0.235. The summed E-state index contributed by atoms with van der Waals surface area (Å²) in [6.45, 7) is 0.435. The molecule has 5 nitrogen and oxygen atoms in total. The van der Waals surface area contributed by atoms with Gasteiger partial charge in [0, 0.05) is 30.0 Å². The molecule has 0 aliphatic heterocycles. The predicted molar refractivity (Wildman–Crippen MR) is 91.5 cm³/mol. The summed E-state index contributed by atoms with van der Waals surface area (Å²) in [7, 11) is 0. The molecule has 0 saturated heterocycles. The normalized spacial score (nSPS) is 13.2. The summed E-state index contributed by atoms with van der Waals surface area (Å²) in [5, 5.41) is 3.80. The number of hydrogen-bond donors (Lipinski definition) is 2. The number of nitrogens with zero attached hydrogens (tertiary/aromatic N) is 2. The molecular weight excluding hydrogens is 308 g/mol. The zero-order valence-electron chi connectivity index (χ0n) is 12.5. The Hall–Kier alpha value is -2.47. The lowest BCUT2D eigenvalue weighted by molar-refractivity contribution is 0.0956. The largest absolute Gasteiger partial charge is 0.397 e. The SMILES string of the molecule is Nc1c(C(=O)NCc2cccnc2)sc2nc3c(cc12)CCC3. The van der Waals surface area contributed by atoms with E-state index < -0.39 is 0 Å². The fourth-order valence-electron chi connectivity index (χ4n) is 2.93. The summed E-state index contributed by atoms with van der Waals surface area (Å²) >= 11 is 1.37. The van der Waals surface area contributed by atoms with E-state index in [0.29, 0.717) is 17.1 Å². The quantitative estimate of drug-likeness (QED) is 0.776. The van der Waals surface area contributed by atoms with Crippen molar-refractivity contribution in [3.05, 3.63) is 52.3 Å². The number of rotatable bonds is 3. The van der Waals surface area contributed by atoms with Gasteiger partial charge in [0.25, 0.3) is 5.91 Å². The lowest BCUT2D eigenvalue weighted by Crippen LogP contribution is -2.22. The molecule has 3 aromatic heterocycles. The molecule has 116 valence electrons.